The molecule has 1 saturated heterocycles. The van der Waals surface area contributed by atoms with Gasteiger partial charge in [0.05, 0.1) is 0 Å². The van der Waals surface area contributed by atoms with Gasteiger partial charge in [-0.3, -0.25) is 0 Å². The molecule has 1 N–H and O–H groups in total. The quantitative estimate of drug-likeness (QED) is 0.819. The fraction of sp³-hybridized carbons (Fsp3) is 0.632. The van der Waals surface area contributed by atoms with Crippen LogP contribution >= 0.6 is 0 Å². The molecule has 1 aliphatic rings. The van der Waals surface area contributed by atoms with Crippen LogP contribution in [0.5, 0.6) is 0 Å². The SMILES string of the molecule is CC.CC(C)(C)OC(=O)N1CCCC(CO)C1.Fc1ccccc1. The van der Waals surface area contributed by atoms with E-state index in [0.717, 1.165) is 19.4 Å². The average Bonchev–Trinajstić information content (AvgIpc) is 2.56. The van der Waals surface area contributed by atoms with Crippen molar-refractivity contribution in [3.63, 3.8) is 0 Å². The molecule has 0 saturated carbocycles. The van der Waals surface area contributed by atoms with Crippen molar-refractivity contribution in [1.82, 2.24) is 4.90 Å². The van der Waals surface area contributed by atoms with Crippen molar-refractivity contribution in [2.45, 2.75) is 53.1 Å². The molecule has 0 aromatic heterocycles. The fourth-order valence-corrected chi connectivity index (χ4v) is 2.12. The smallest absolute Gasteiger partial charge is 0.410 e. The maximum absolute atomic E-state index is 11.9. The van der Waals surface area contributed by atoms with Gasteiger partial charge in [-0.05, 0) is 51.7 Å². The van der Waals surface area contributed by atoms with Crippen molar-refractivity contribution in [1.29, 1.82) is 0 Å². The lowest BCUT2D eigenvalue weighted by Crippen LogP contribution is -2.43. The van der Waals surface area contributed by atoms with E-state index < -0.39 is 5.60 Å². The Morgan fingerprint density at radius 2 is 1.88 bits per heavy atom. The number of hydrogen-bond acceptors (Lipinski definition) is 3. The molecule has 0 bridgehead atoms. The van der Waals surface area contributed by atoms with E-state index in [1.807, 2.05) is 34.6 Å². The Hall–Kier alpha value is -1.62. The Balaban J connectivity index is 0.000000488. The van der Waals surface area contributed by atoms with Gasteiger partial charge in [0.25, 0.3) is 0 Å². The molecule has 5 heteroatoms. The molecular formula is C19H32FNO3. The molecule has 1 amide bonds. The minimum absolute atomic E-state index is 0.152. The zero-order chi connectivity index (χ0) is 18.6. The Morgan fingerprint density at radius 1 is 1.29 bits per heavy atom. The Labute approximate surface area is 145 Å². The third kappa shape index (κ3) is 10.2. The molecule has 1 aliphatic heterocycles. The van der Waals surface area contributed by atoms with Crippen LogP contribution in [-0.4, -0.2) is 41.4 Å². The number of aliphatic hydroxyl groups is 1. The maximum Gasteiger partial charge on any atom is 0.410 e. The van der Waals surface area contributed by atoms with Crippen LogP contribution in [0, 0.1) is 11.7 Å². The number of nitrogens with zero attached hydrogens (tertiary/aromatic N) is 1. The first-order valence-electron chi connectivity index (χ1n) is 8.61. The highest BCUT2D eigenvalue weighted by atomic mass is 19.1. The monoisotopic (exact) mass is 341 g/mol. The molecule has 4 nitrogen and oxygen atoms in total. The van der Waals surface area contributed by atoms with Gasteiger partial charge < -0.3 is 14.7 Å². The van der Waals surface area contributed by atoms with Gasteiger partial charge in [0.2, 0.25) is 0 Å². The molecule has 1 aromatic carbocycles. The summed E-state index contributed by atoms with van der Waals surface area (Å²) in [6.07, 6.45) is 1.68. The van der Waals surface area contributed by atoms with Gasteiger partial charge in [-0.15, -0.1) is 0 Å². The number of amides is 1. The number of ether oxygens (including phenoxy) is 1. The van der Waals surface area contributed by atoms with Gasteiger partial charge in [-0.25, -0.2) is 9.18 Å². The molecule has 1 aromatic rings. The number of aliphatic hydroxyl groups excluding tert-OH is 1. The second-order valence-corrected chi connectivity index (χ2v) is 6.41. The van der Waals surface area contributed by atoms with Gasteiger partial charge in [0.15, 0.2) is 0 Å². The number of hydrogen-bond donors (Lipinski definition) is 1. The highest BCUT2D eigenvalue weighted by Crippen LogP contribution is 2.18. The number of carbonyl (C=O) groups is 1. The molecule has 0 radical (unpaired) electrons. The van der Waals surface area contributed by atoms with Crippen molar-refractivity contribution in [2.75, 3.05) is 19.7 Å². The second kappa shape index (κ2) is 11.8. The zero-order valence-electron chi connectivity index (χ0n) is 15.6. The molecule has 0 aliphatic carbocycles. The van der Waals surface area contributed by atoms with E-state index in [1.165, 1.54) is 12.1 Å². The summed E-state index contributed by atoms with van der Waals surface area (Å²) in [5.41, 5.74) is -0.441. The Bertz CT molecular complexity index is 446. The van der Waals surface area contributed by atoms with Crippen LogP contribution < -0.4 is 0 Å². The van der Waals surface area contributed by atoms with Crippen LogP contribution in [0.1, 0.15) is 47.5 Å². The Morgan fingerprint density at radius 3 is 2.29 bits per heavy atom. The summed E-state index contributed by atoms with van der Waals surface area (Å²) in [5.74, 6) is 0.0359. The predicted molar refractivity (Wildman–Crippen MR) is 95.4 cm³/mol. The van der Waals surface area contributed by atoms with Crippen molar-refractivity contribution < 1.29 is 19.0 Å². The van der Waals surface area contributed by atoms with E-state index >= 15 is 0 Å². The van der Waals surface area contributed by atoms with Gasteiger partial charge in [0, 0.05) is 19.7 Å². The van der Waals surface area contributed by atoms with Crippen LogP contribution in [0.2, 0.25) is 0 Å². The van der Waals surface area contributed by atoms with Crippen LogP contribution in [0.25, 0.3) is 0 Å². The summed E-state index contributed by atoms with van der Waals surface area (Å²) in [4.78, 5) is 13.4. The zero-order valence-corrected chi connectivity index (χ0v) is 15.6. The second-order valence-electron chi connectivity index (χ2n) is 6.41. The first-order valence-corrected chi connectivity index (χ1v) is 8.61. The summed E-state index contributed by atoms with van der Waals surface area (Å²) in [6, 6.07) is 7.94. The lowest BCUT2D eigenvalue weighted by molar-refractivity contribution is 0.0132. The van der Waals surface area contributed by atoms with E-state index in [2.05, 4.69) is 0 Å². The number of piperidine rings is 1. The lowest BCUT2D eigenvalue weighted by Gasteiger charge is -2.33. The summed E-state index contributed by atoms with van der Waals surface area (Å²) < 4.78 is 17.2. The first kappa shape index (κ1) is 22.4. The number of rotatable bonds is 1. The van der Waals surface area contributed by atoms with E-state index in [4.69, 9.17) is 9.84 Å². The predicted octanol–water partition coefficient (Wildman–Crippen LogP) is 4.48. The van der Waals surface area contributed by atoms with E-state index in [1.54, 1.807) is 23.1 Å². The van der Waals surface area contributed by atoms with Crippen molar-refractivity contribution >= 4 is 6.09 Å². The highest BCUT2D eigenvalue weighted by molar-refractivity contribution is 5.68. The van der Waals surface area contributed by atoms with E-state index in [0.29, 0.717) is 6.54 Å². The fourth-order valence-electron chi connectivity index (χ4n) is 2.12. The number of likely N-dealkylation sites (tertiary alicyclic amines) is 1. The molecule has 1 fully saturated rings. The van der Waals surface area contributed by atoms with Gasteiger partial charge in [-0.2, -0.15) is 0 Å². The van der Waals surface area contributed by atoms with Gasteiger partial charge >= 0.3 is 6.09 Å². The average molecular weight is 341 g/mol. The number of carbonyl (C=O) groups excluding carboxylic acids is 1. The third-order valence-electron chi connectivity index (χ3n) is 3.16. The van der Waals surface area contributed by atoms with Crippen LogP contribution in [-0.2, 0) is 4.74 Å². The van der Waals surface area contributed by atoms with Gasteiger partial charge in [-0.1, -0.05) is 32.0 Å². The standard InChI is InChI=1S/C11H21NO3.C6H5F.C2H6/c1-11(2,3)15-10(14)12-6-4-5-9(7-12)8-13;7-6-4-2-1-3-5-6;1-2/h9,13H,4-8H2,1-3H3;1-5H;1-2H3. The molecular weight excluding hydrogens is 309 g/mol. The van der Waals surface area contributed by atoms with Crippen molar-refractivity contribution in [2.24, 2.45) is 5.92 Å². The molecule has 2 rings (SSSR count). The third-order valence-corrected chi connectivity index (χ3v) is 3.16. The normalized spacial score (nSPS) is 17.0. The topological polar surface area (TPSA) is 49.8 Å². The highest BCUT2D eigenvalue weighted by Gasteiger charge is 2.26. The van der Waals surface area contributed by atoms with Crippen molar-refractivity contribution in [3.8, 4) is 0 Å². The van der Waals surface area contributed by atoms with E-state index in [9.17, 15) is 9.18 Å². The minimum Gasteiger partial charge on any atom is -0.444 e. The maximum atomic E-state index is 11.9. The Kier molecular flexibility index (Phi) is 11.0. The van der Waals surface area contributed by atoms with Crippen LogP contribution in [0.4, 0.5) is 9.18 Å². The summed E-state index contributed by atoms with van der Waals surface area (Å²) in [5, 5.41) is 9.04. The minimum atomic E-state index is -0.441. The lowest BCUT2D eigenvalue weighted by atomic mass is 9.99. The molecule has 1 heterocycles. The molecule has 138 valence electrons. The van der Waals surface area contributed by atoms with Crippen molar-refractivity contribution in [3.05, 3.63) is 36.1 Å². The van der Waals surface area contributed by atoms with Gasteiger partial charge in [0.1, 0.15) is 11.4 Å². The molecule has 1 atom stereocenters. The number of halogens is 1. The molecule has 24 heavy (non-hydrogen) atoms. The first-order chi connectivity index (χ1) is 11.3. The molecule has 0 spiro atoms. The molecule has 1 unspecified atom stereocenters. The number of benzene rings is 1. The van der Waals surface area contributed by atoms with E-state index in [-0.39, 0.29) is 24.4 Å². The summed E-state index contributed by atoms with van der Waals surface area (Å²) in [6.45, 7) is 11.1. The van der Waals surface area contributed by atoms with Crippen LogP contribution in [0.15, 0.2) is 30.3 Å². The largest absolute Gasteiger partial charge is 0.444 e. The van der Waals surface area contributed by atoms with Crippen LogP contribution in [0.3, 0.4) is 0 Å². The summed E-state index contributed by atoms with van der Waals surface area (Å²) in [7, 11) is 0. The summed E-state index contributed by atoms with van der Waals surface area (Å²) >= 11 is 0.